The summed E-state index contributed by atoms with van der Waals surface area (Å²) in [6.07, 6.45) is 9.77. The molecule has 0 nitrogen and oxygen atoms in total. The van der Waals surface area contributed by atoms with Crippen LogP contribution in [0.4, 0.5) is 0 Å². The van der Waals surface area contributed by atoms with E-state index in [0.29, 0.717) is 0 Å². The molecular formula is C14H20. The molecule has 0 aliphatic heterocycles. The largest absolute Gasteiger partial charge is 0.0528 e. The zero-order valence-corrected chi connectivity index (χ0v) is 8.86. The van der Waals surface area contributed by atoms with Crippen LogP contribution in [0.2, 0.25) is 0 Å². The maximum Gasteiger partial charge on any atom is -0.0315 e. The summed E-state index contributed by atoms with van der Waals surface area (Å²) >= 11 is 0. The van der Waals surface area contributed by atoms with Crippen molar-refractivity contribution in [2.75, 3.05) is 0 Å². The van der Waals surface area contributed by atoms with E-state index in [-0.39, 0.29) is 0 Å². The van der Waals surface area contributed by atoms with E-state index in [0.717, 1.165) is 0 Å². The van der Waals surface area contributed by atoms with Crippen LogP contribution in [0.1, 0.15) is 38.5 Å². The van der Waals surface area contributed by atoms with E-state index in [1.807, 2.05) is 0 Å². The maximum atomic E-state index is 1.67. The van der Waals surface area contributed by atoms with E-state index in [1.165, 1.54) is 47.3 Å². The lowest BCUT2D eigenvalue weighted by molar-refractivity contribution is 0.213. The third-order valence-corrected chi connectivity index (χ3v) is 6.65. The summed E-state index contributed by atoms with van der Waals surface area (Å²) in [4.78, 5) is 0. The molecule has 0 spiro atoms. The third-order valence-electron chi connectivity index (χ3n) is 6.65. The van der Waals surface area contributed by atoms with Gasteiger partial charge < -0.3 is 0 Å². The third kappa shape index (κ3) is 0.686. The zero-order valence-electron chi connectivity index (χ0n) is 8.86. The maximum absolute atomic E-state index is 1.67. The molecule has 0 aromatic heterocycles. The topological polar surface area (TPSA) is 0 Å². The summed E-state index contributed by atoms with van der Waals surface area (Å²) in [6.45, 7) is 0. The Morgan fingerprint density at radius 2 is 1.64 bits per heavy atom. The number of hydrogen-bond acceptors (Lipinski definition) is 0. The lowest BCUT2D eigenvalue weighted by Crippen LogP contribution is -2.19. The van der Waals surface area contributed by atoms with E-state index in [9.17, 15) is 0 Å². The van der Waals surface area contributed by atoms with E-state index in [4.69, 9.17) is 0 Å². The Morgan fingerprint density at radius 1 is 0.643 bits per heavy atom. The van der Waals surface area contributed by atoms with Crippen LogP contribution in [-0.4, -0.2) is 0 Å². The molecule has 76 valence electrons. The van der Waals surface area contributed by atoms with Gasteiger partial charge in [-0.15, -0.1) is 0 Å². The van der Waals surface area contributed by atoms with Gasteiger partial charge in [-0.3, -0.25) is 0 Å². The van der Waals surface area contributed by atoms with E-state index < -0.39 is 0 Å². The highest BCUT2D eigenvalue weighted by molar-refractivity contribution is 5.20. The van der Waals surface area contributed by atoms with Crippen LogP contribution in [0, 0.1) is 47.3 Å². The van der Waals surface area contributed by atoms with Crippen molar-refractivity contribution >= 4 is 0 Å². The quantitative estimate of drug-likeness (QED) is 0.547. The SMILES string of the molecule is C1CC2CC3CC4C(C5C(C2)[C@H]35)[C@H]4C1. The van der Waals surface area contributed by atoms with Crippen molar-refractivity contribution in [3.05, 3.63) is 0 Å². The summed E-state index contributed by atoms with van der Waals surface area (Å²) in [7, 11) is 0. The molecule has 0 aromatic carbocycles. The molecule has 0 heteroatoms. The van der Waals surface area contributed by atoms with Gasteiger partial charge in [0.1, 0.15) is 0 Å². The van der Waals surface area contributed by atoms with Crippen LogP contribution in [-0.2, 0) is 0 Å². The van der Waals surface area contributed by atoms with Gasteiger partial charge >= 0.3 is 0 Å². The van der Waals surface area contributed by atoms with E-state index in [2.05, 4.69) is 0 Å². The van der Waals surface area contributed by atoms with Crippen LogP contribution in [0.3, 0.4) is 0 Å². The average molecular weight is 188 g/mol. The fourth-order valence-electron chi connectivity index (χ4n) is 6.28. The molecule has 0 radical (unpaired) electrons. The Balaban J connectivity index is 1.62. The normalized spacial score (nSPS) is 72.0. The van der Waals surface area contributed by atoms with Crippen molar-refractivity contribution < 1.29 is 0 Å². The molecule has 6 aliphatic carbocycles. The second kappa shape index (κ2) is 2.08. The zero-order chi connectivity index (χ0) is 8.86. The first-order chi connectivity index (χ1) is 6.93. The molecule has 6 unspecified atom stereocenters. The second-order valence-corrected chi connectivity index (χ2v) is 6.99. The Bertz CT molecular complexity index is 282. The Hall–Kier alpha value is 0. The van der Waals surface area contributed by atoms with Crippen molar-refractivity contribution in [3.8, 4) is 0 Å². The van der Waals surface area contributed by atoms with Gasteiger partial charge in [-0.05, 0) is 73.0 Å². The van der Waals surface area contributed by atoms with Crippen molar-refractivity contribution in [3.63, 3.8) is 0 Å². The van der Waals surface area contributed by atoms with Gasteiger partial charge in [0.2, 0.25) is 0 Å². The van der Waals surface area contributed by atoms with E-state index >= 15 is 0 Å². The molecule has 0 heterocycles. The molecule has 6 rings (SSSR count). The molecule has 0 saturated heterocycles. The highest BCUT2D eigenvalue weighted by atomic mass is 14.8. The Kier molecular flexibility index (Phi) is 1.08. The standard InChI is InChI=1S/C14H20/c1-2-7-4-8-6-10-9(3-1)13(10)14-11(5-7)12(8)14/h7-14H,1-6H2/t7?,8?,9-,10?,11?,12-,13?,14?/m0/s1. The van der Waals surface area contributed by atoms with Gasteiger partial charge in [0.15, 0.2) is 0 Å². The summed E-state index contributed by atoms with van der Waals surface area (Å²) in [5.41, 5.74) is 0. The number of rotatable bonds is 0. The van der Waals surface area contributed by atoms with Crippen LogP contribution in [0.5, 0.6) is 0 Å². The summed E-state index contributed by atoms with van der Waals surface area (Å²) < 4.78 is 0. The fourth-order valence-corrected chi connectivity index (χ4v) is 6.28. The van der Waals surface area contributed by atoms with Gasteiger partial charge in [-0.1, -0.05) is 12.8 Å². The molecule has 0 amide bonds. The second-order valence-electron chi connectivity index (χ2n) is 6.99. The lowest BCUT2D eigenvalue weighted by atomic mass is 9.76. The molecule has 5 bridgehead atoms. The van der Waals surface area contributed by atoms with Gasteiger partial charge in [-0.2, -0.15) is 0 Å². The van der Waals surface area contributed by atoms with Crippen molar-refractivity contribution in [1.29, 1.82) is 0 Å². The Labute approximate surface area is 86.5 Å². The van der Waals surface area contributed by atoms with Gasteiger partial charge in [0.05, 0.1) is 0 Å². The number of fused-ring (bicyclic) bond motifs is 2. The van der Waals surface area contributed by atoms with Gasteiger partial charge in [0.25, 0.3) is 0 Å². The van der Waals surface area contributed by atoms with E-state index in [1.54, 1.807) is 38.5 Å². The summed E-state index contributed by atoms with van der Waals surface area (Å²) in [5.74, 6) is 9.89. The molecule has 6 fully saturated rings. The molecule has 8 atom stereocenters. The van der Waals surface area contributed by atoms with Gasteiger partial charge in [0, 0.05) is 0 Å². The van der Waals surface area contributed by atoms with Crippen LogP contribution in [0.25, 0.3) is 0 Å². The van der Waals surface area contributed by atoms with Crippen molar-refractivity contribution in [1.82, 2.24) is 0 Å². The molecule has 0 aromatic rings. The Morgan fingerprint density at radius 3 is 2.64 bits per heavy atom. The molecular weight excluding hydrogens is 168 g/mol. The predicted octanol–water partition coefficient (Wildman–Crippen LogP) is 3.32. The monoisotopic (exact) mass is 188 g/mol. The smallest absolute Gasteiger partial charge is 0.0315 e. The minimum Gasteiger partial charge on any atom is -0.0528 e. The molecule has 6 saturated carbocycles. The summed E-state index contributed by atoms with van der Waals surface area (Å²) in [6, 6.07) is 0. The van der Waals surface area contributed by atoms with Crippen LogP contribution in [0.15, 0.2) is 0 Å². The average Bonchev–Trinajstić information content (AvgIpc) is 3.05. The molecule has 6 aliphatic rings. The van der Waals surface area contributed by atoms with Crippen molar-refractivity contribution in [2.45, 2.75) is 38.5 Å². The van der Waals surface area contributed by atoms with Crippen LogP contribution < -0.4 is 0 Å². The fraction of sp³-hybridized carbons (Fsp3) is 1.00. The number of hydrogen-bond donors (Lipinski definition) is 0. The lowest BCUT2D eigenvalue weighted by Gasteiger charge is -2.29. The van der Waals surface area contributed by atoms with Crippen molar-refractivity contribution in [2.24, 2.45) is 47.3 Å². The van der Waals surface area contributed by atoms with Crippen LogP contribution >= 0.6 is 0 Å². The first-order valence-electron chi connectivity index (χ1n) is 6.93. The molecule has 14 heavy (non-hydrogen) atoms. The first kappa shape index (κ1) is 7.30. The highest BCUT2D eigenvalue weighted by Crippen LogP contribution is 2.78. The highest BCUT2D eigenvalue weighted by Gasteiger charge is 2.72. The van der Waals surface area contributed by atoms with Gasteiger partial charge in [-0.25, -0.2) is 0 Å². The predicted molar refractivity (Wildman–Crippen MR) is 55.6 cm³/mol. The summed E-state index contributed by atoms with van der Waals surface area (Å²) in [5, 5.41) is 0. The minimum absolute atomic E-state index is 1.17. The minimum atomic E-state index is 1.17. The first-order valence-corrected chi connectivity index (χ1v) is 6.93. The molecule has 0 N–H and O–H groups in total.